The van der Waals surface area contributed by atoms with E-state index in [9.17, 15) is 18.0 Å². The molecule has 1 aromatic heterocycles. The van der Waals surface area contributed by atoms with Crippen LogP contribution in [0.5, 0.6) is 11.5 Å². The van der Waals surface area contributed by atoms with E-state index >= 15 is 0 Å². The first kappa shape index (κ1) is 17.0. The maximum Gasteiger partial charge on any atom is 0.416 e. The monoisotopic (exact) mass is 376 g/mol. The van der Waals surface area contributed by atoms with Crippen molar-refractivity contribution in [3.63, 3.8) is 0 Å². The number of tetrazole rings is 1. The van der Waals surface area contributed by atoms with E-state index in [0.717, 1.165) is 16.9 Å². The fourth-order valence-electron chi connectivity index (χ4n) is 2.55. The minimum Gasteiger partial charge on any atom is -0.454 e. The Morgan fingerprint density at radius 3 is 2.74 bits per heavy atom. The molecule has 27 heavy (non-hydrogen) atoms. The highest BCUT2D eigenvalue weighted by Gasteiger charge is 2.30. The van der Waals surface area contributed by atoms with Crippen LogP contribution in [-0.2, 0) is 12.7 Å². The lowest BCUT2D eigenvalue weighted by Gasteiger charge is -2.06. The average Bonchev–Trinajstić information content (AvgIpc) is 3.29. The van der Waals surface area contributed by atoms with Crippen LogP contribution in [0, 0.1) is 0 Å². The summed E-state index contributed by atoms with van der Waals surface area (Å²) >= 11 is 0. The Labute approximate surface area is 150 Å². The number of ketones is 1. The number of rotatable bonds is 4. The van der Waals surface area contributed by atoms with E-state index in [1.807, 2.05) is 0 Å². The van der Waals surface area contributed by atoms with Crippen LogP contribution < -0.4 is 9.47 Å². The lowest BCUT2D eigenvalue weighted by molar-refractivity contribution is -0.137. The van der Waals surface area contributed by atoms with E-state index in [1.165, 1.54) is 12.1 Å². The Balaban J connectivity index is 1.52. The van der Waals surface area contributed by atoms with Crippen LogP contribution >= 0.6 is 0 Å². The minimum atomic E-state index is -4.47. The van der Waals surface area contributed by atoms with Gasteiger partial charge in [0.25, 0.3) is 0 Å². The third-order valence-corrected chi connectivity index (χ3v) is 3.88. The topological polar surface area (TPSA) is 79.1 Å². The van der Waals surface area contributed by atoms with Crippen LogP contribution in [0.2, 0.25) is 0 Å². The second-order valence-corrected chi connectivity index (χ2v) is 5.71. The van der Waals surface area contributed by atoms with Gasteiger partial charge < -0.3 is 9.47 Å². The number of benzene rings is 2. The number of hydrogen-bond donors (Lipinski definition) is 0. The number of alkyl halides is 3. The molecular formula is C17H11F3N4O3. The SMILES string of the molecule is O=C(Cn1nnc(-c2cccc(C(F)(F)F)c2)n1)c1ccc2c(c1)OCO2. The van der Waals surface area contributed by atoms with E-state index in [-0.39, 0.29) is 30.5 Å². The highest BCUT2D eigenvalue weighted by atomic mass is 19.4. The molecule has 4 rings (SSSR count). The van der Waals surface area contributed by atoms with Gasteiger partial charge in [-0.1, -0.05) is 12.1 Å². The van der Waals surface area contributed by atoms with Crippen LogP contribution in [0.15, 0.2) is 42.5 Å². The summed E-state index contributed by atoms with van der Waals surface area (Å²) in [5.74, 6) is 0.718. The molecule has 0 atom stereocenters. The highest BCUT2D eigenvalue weighted by Crippen LogP contribution is 2.33. The molecule has 0 saturated heterocycles. The Morgan fingerprint density at radius 1 is 1.11 bits per heavy atom. The highest BCUT2D eigenvalue weighted by molar-refractivity contribution is 5.96. The van der Waals surface area contributed by atoms with Gasteiger partial charge in [0.15, 0.2) is 17.3 Å². The largest absolute Gasteiger partial charge is 0.454 e. The Bertz CT molecular complexity index is 1020. The van der Waals surface area contributed by atoms with E-state index in [1.54, 1.807) is 18.2 Å². The molecule has 1 aliphatic rings. The molecule has 0 bridgehead atoms. The molecule has 2 heterocycles. The minimum absolute atomic E-state index is 0.000383. The van der Waals surface area contributed by atoms with Crippen molar-refractivity contribution in [2.24, 2.45) is 0 Å². The summed E-state index contributed by atoms with van der Waals surface area (Å²) in [6.45, 7) is -0.121. The van der Waals surface area contributed by atoms with Crippen molar-refractivity contribution in [1.29, 1.82) is 0 Å². The smallest absolute Gasteiger partial charge is 0.416 e. The predicted octanol–water partition coefficient (Wildman–Crippen LogP) is 2.97. The molecule has 0 fully saturated rings. The maximum absolute atomic E-state index is 12.8. The van der Waals surface area contributed by atoms with E-state index < -0.39 is 11.7 Å². The van der Waals surface area contributed by atoms with Crippen molar-refractivity contribution in [1.82, 2.24) is 20.2 Å². The summed E-state index contributed by atoms with van der Waals surface area (Å²) < 4.78 is 48.9. The number of aromatic nitrogens is 4. The predicted molar refractivity (Wildman–Crippen MR) is 85.2 cm³/mol. The average molecular weight is 376 g/mol. The number of ether oxygens (including phenoxy) is 2. The quantitative estimate of drug-likeness (QED) is 0.652. The summed E-state index contributed by atoms with van der Waals surface area (Å²) in [5.41, 5.74) is -0.281. The molecule has 0 amide bonds. The van der Waals surface area contributed by atoms with Gasteiger partial charge in [-0.05, 0) is 35.5 Å². The summed E-state index contributed by atoms with van der Waals surface area (Å²) in [5, 5.41) is 11.5. The third kappa shape index (κ3) is 3.46. The van der Waals surface area contributed by atoms with Crippen molar-refractivity contribution in [3.05, 3.63) is 53.6 Å². The van der Waals surface area contributed by atoms with Gasteiger partial charge in [0.05, 0.1) is 5.56 Å². The number of hydrogen-bond acceptors (Lipinski definition) is 6. The van der Waals surface area contributed by atoms with Crippen LogP contribution in [0.1, 0.15) is 15.9 Å². The standard InChI is InChI=1S/C17H11F3N4O3/c18-17(19,20)12-3-1-2-11(6-12)16-21-23-24(22-16)8-13(25)10-4-5-14-15(7-10)27-9-26-14/h1-7H,8-9H2. The molecule has 0 unspecified atom stereocenters. The number of fused-ring (bicyclic) bond motifs is 1. The number of carbonyl (C=O) groups is 1. The van der Waals surface area contributed by atoms with Crippen molar-refractivity contribution >= 4 is 5.78 Å². The molecule has 3 aromatic rings. The summed E-state index contributed by atoms with van der Waals surface area (Å²) in [7, 11) is 0. The molecule has 0 N–H and O–H groups in total. The molecule has 0 saturated carbocycles. The molecule has 0 radical (unpaired) electrons. The van der Waals surface area contributed by atoms with Crippen LogP contribution in [0.3, 0.4) is 0 Å². The first-order valence-electron chi connectivity index (χ1n) is 7.78. The Hall–Kier alpha value is -3.43. The normalized spacial score (nSPS) is 13.0. The Morgan fingerprint density at radius 2 is 1.93 bits per heavy atom. The van der Waals surface area contributed by atoms with E-state index in [2.05, 4.69) is 15.4 Å². The van der Waals surface area contributed by atoms with Crippen molar-refractivity contribution in [2.75, 3.05) is 6.79 Å². The first-order valence-corrected chi connectivity index (χ1v) is 7.78. The lowest BCUT2D eigenvalue weighted by atomic mass is 10.1. The zero-order valence-electron chi connectivity index (χ0n) is 13.6. The van der Waals surface area contributed by atoms with Gasteiger partial charge in [-0.15, -0.1) is 10.2 Å². The molecule has 0 aliphatic carbocycles. The summed E-state index contributed by atoms with van der Waals surface area (Å²) in [6.07, 6.45) is -4.47. The molecule has 1 aliphatic heterocycles. The maximum atomic E-state index is 12.8. The van der Waals surface area contributed by atoms with Crippen molar-refractivity contribution < 1.29 is 27.4 Å². The first-order chi connectivity index (χ1) is 12.9. The van der Waals surface area contributed by atoms with E-state index in [4.69, 9.17) is 9.47 Å². The summed E-state index contributed by atoms with van der Waals surface area (Å²) in [6, 6.07) is 9.35. The Kier molecular flexibility index (Phi) is 4.02. The van der Waals surface area contributed by atoms with E-state index in [0.29, 0.717) is 17.1 Å². The zero-order valence-corrected chi connectivity index (χ0v) is 13.6. The van der Waals surface area contributed by atoms with Gasteiger partial charge in [-0.2, -0.15) is 18.0 Å². The zero-order chi connectivity index (χ0) is 19.0. The fraction of sp³-hybridized carbons (Fsp3) is 0.176. The number of Topliss-reactive ketones (excluding diaryl/α,β-unsaturated/α-hetero) is 1. The molecule has 138 valence electrons. The second kappa shape index (κ2) is 6.38. The second-order valence-electron chi connectivity index (χ2n) is 5.71. The van der Waals surface area contributed by atoms with Gasteiger partial charge in [0, 0.05) is 11.1 Å². The van der Waals surface area contributed by atoms with Gasteiger partial charge in [0.2, 0.25) is 12.6 Å². The van der Waals surface area contributed by atoms with Gasteiger partial charge in [-0.3, -0.25) is 4.79 Å². The molecular weight excluding hydrogens is 365 g/mol. The van der Waals surface area contributed by atoms with Crippen LogP contribution in [0.4, 0.5) is 13.2 Å². The van der Waals surface area contributed by atoms with Crippen molar-refractivity contribution in [3.8, 4) is 22.9 Å². The molecule has 0 spiro atoms. The van der Waals surface area contributed by atoms with Crippen LogP contribution in [-0.4, -0.2) is 32.8 Å². The molecule has 10 heteroatoms. The third-order valence-electron chi connectivity index (χ3n) is 3.88. The van der Waals surface area contributed by atoms with Gasteiger partial charge in [-0.25, -0.2) is 0 Å². The molecule has 7 nitrogen and oxygen atoms in total. The van der Waals surface area contributed by atoms with Gasteiger partial charge >= 0.3 is 6.18 Å². The number of carbonyl (C=O) groups excluding carboxylic acids is 1. The van der Waals surface area contributed by atoms with Gasteiger partial charge in [0.1, 0.15) is 6.54 Å². The lowest BCUT2D eigenvalue weighted by Crippen LogP contribution is -2.13. The van der Waals surface area contributed by atoms with Crippen molar-refractivity contribution in [2.45, 2.75) is 12.7 Å². The van der Waals surface area contributed by atoms with Crippen LogP contribution in [0.25, 0.3) is 11.4 Å². The number of halogens is 3. The molecule has 2 aromatic carbocycles. The summed E-state index contributed by atoms with van der Waals surface area (Å²) in [4.78, 5) is 13.4. The number of nitrogens with zero attached hydrogens (tertiary/aromatic N) is 4. The fourth-order valence-corrected chi connectivity index (χ4v) is 2.55.